The highest BCUT2D eigenvalue weighted by atomic mass is 35.5. The molecule has 3 N–H and O–H groups in total. The number of nitrogens with one attached hydrogen (secondary N) is 3. The quantitative estimate of drug-likeness (QED) is 0.379. The number of aromatic nitrogens is 2. The van der Waals surface area contributed by atoms with Gasteiger partial charge >= 0.3 is 0 Å². The minimum absolute atomic E-state index is 0.255. The van der Waals surface area contributed by atoms with E-state index in [0.717, 1.165) is 6.42 Å². The van der Waals surface area contributed by atoms with E-state index in [2.05, 4.69) is 21.0 Å². The van der Waals surface area contributed by atoms with E-state index in [4.69, 9.17) is 46.4 Å². The highest BCUT2D eigenvalue weighted by molar-refractivity contribution is 6.38. The van der Waals surface area contributed by atoms with E-state index < -0.39 is 41.1 Å². The third-order valence-corrected chi connectivity index (χ3v) is 8.77. The van der Waals surface area contributed by atoms with Crippen LogP contribution in [0.2, 0.25) is 20.1 Å². The first-order valence-electron chi connectivity index (χ1n) is 12.2. The van der Waals surface area contributed by atoms with Crippen molar-refractivity contribution in [3.8, 4) is 0 Å². The van der Waals surface area contributed by atoms with Crippen LogP contribution in [0.4, 0.5) is 17.2 Å². The number of hydrogen-bond donors (Lipinski definition) is 3. The van der Waals surface area contributed by atoms with Crippen molar-refractivity contribution >= 4 is 81.3 Å². The van der Waals surface area contributed by atoms with E-state index in [1.807, 2.05) is 4.90 Å². The van der Waals surface area contributed by atoms with Crippen LogP contribution in [0.3, 0.4) is 0 Å². The minimum atomic E-state index is -1.51. The van der Waals surface area contributed by atoms with Crippen LogP contribution in [0, 0.1) is 11.8 Å². The van der Waals surface area contributed by atoms with E-state index in [1.54, 1.807) is 43.6 Å². The van der Waals surface area contributed by atoms with E-state index >= 15 is 0 Å². The summed E-state index contributed by atoms with van der Waals surface area (Å²) in [7, 11) is 1.68. The van der Waals surface area contributed by atoms with Crippen LogP contribution in [0.25, 0.3) is 0 Å². The molecule has 6 rings (SSSR count). The van der Waals surface area contributed by atoms with Crippen LogP contribution in [-0.4, -0.2) is 45.0 Å². The smallest absolute Gasteiger partial charge is 0.250 e. The third kappa shape index (κ3) is 4.10. The second-order valence-corrected chi connectivity index (χ2v) is 11.6. The number of amides is 3. The molecule has 4 atom stereocenters. The third-order valence-electron chi connectivity index (χ3n) is 7.81. The molecule has 1 unspecified atom stereocenters. The van der Waals surface area contributed by atoms with Crippen molar-refractivity contribution in [2.75, 3.05) is 22.5 Å². The lowest BCUT2D eigenvalue weighted by atomic mass is 9.73. The first-order valence-corrected chi connectivity index (χ1v) is 13.8. The Bertz CT molecular complexity index is 1520. The highest BCUT2D eigenvalue weighted by Crippen LogP contribution is 2.59. The molecule has 202 valence electrons. The number of hydrogen-bond acceptors (Lipinski definition) is 5. The first kappa shape index (κ1) is 26.4. The average Bonchev–Trinajstić information content (AvgIpc) is 3.60. The molecule has 0 aliphatic carbocycles. The van der Waals surface area contributed by atoms with Crippen LogP contribution in [0.5, 0.6) is 0 Å². The molecule has 0 radical (unpaired) electrons. The number of carbonyl (C=O) groups excluding carboxylic acids is 3. The summed E-state index contributed by atoms with van der Waals surface area (Å²) in [5.41, 5.74) is -0.265. The zero-order valence-corrected chi connectivity index (χ0v) is 23.5. The van der Waals surface area contributed by atoms with Gasteiger partial charge in [0.05, 0.1) is 28.7 Å². The molecule has 39 heavy (non-hydrogen) atoms. The highest BCUT2D eigenvalue weighted by Gasteiger charge is 2.71. The number of rotatable bonds is 4. The Morgan fingerprint density at radius 3 is 2.44 bits per heavy atom. The molecule has 0 bridgehead atoms. The Kier molecular flexibility index (Phi) is 6.55. The summed E-state index contributed by atoms with van der Waals surface area (Å²) in [6.07, 6.45) is 2.90. The summed E-state index contributed by atoms with van der Waals surface area (Å²) in [6, 6.07) is 9.12. The van der Waals surface area contributed by atoms with Gasteiger partial charge in [0, 0.05) is 45.5 Å². The van der Waals surface area contributed by atoms with Gasteiger partial charge in [0.2, 0.25) is 11.8 Å². The fourth-order valence-corrected chi connectivity index (χ4v) is 7.49. The Labute approximate surface area is 243 Å². The molecule has 13 heteroatoms. The maximum atomic E-state index is 14.2. The molecular formula is C26H22Cl4N6O3. The molecule has 3 aromatic rings. The molecule has 9 nitrogen and oxygen atoms in total. The number of nitrogens with zero attached hydrogens (tertiary/aromatic N) is 3. The van der Waals surface area contributed by atoms with E-state index in [0.29, 0.717) is 50.8 Å². The average molecular weight is 608 g/mol. The molecule has 2 aromatic carbocycles. The van der Waals surface area contributed by atoms with Crippen molar-refractivity contribution in [3.63, 3.8) is 0 Å². The molecule has 3 aliphatic rings. The molecule has 3 amide bonds. The Hall–Kier alpha value is -2.82. The zero-order valence-electron chi connectivity index (χ0n) is 20.5. The lowest BCUT2D eigenvalue weighted by Gasteiger charge is -2.36. The van der Waals surface area contributed by atoms with Crippen molar-refractivity contribution < 1.29 is 14.4 Å². The van der Waals surface area contributed by atoms with Crippen LogP contribution in [0.15, 0.2) is 42.6 Å². The lowest BCUT2D eigenvalue weighted by molar-refractivity contribution is -0.137. The summed E-state index contributed by atoms with van der Waals surface area (Å²) in [4.78, 5) is 44.3. The van der Waals surface area contributed by atoms with E-state index in [-0.39, 0.29) is 5.02 Å². The standard InChI is InChI=1S/C26H22Cl4N6O3/c1-35-19(4-5-31-35)33-24(38)21-20(23(37)32-15-8-12(27)7-13(28)9-15)18-3-2-6-36(18)26(21)16-10-14(29)11-17(30)22(16)34-25(26)39/h4-5,7-11,18,20-21H,2-3,6H2,1H3,(H,32,37)(H,33,38)(H,34,39)/t18-,20+,21-,26?/m1/s1. The topological polar surface area (TPSA) is 108 Å². The summed E-state index contributed by atoms with van der Waals surface area (Å²) in [6.45, 7) is 0.504. The molecular weight excluding hydrogens is 586 g/mol. The van der Waals surface area contributed by atoms with E-state index in [1.165, 1.54) is 10.7 Å². The summed E-state index contributed by atoms with van der Waals surface area (Å²) in [5, 5.41) is 14.0. The molecule has 1 aromatic heterocycles. The summed E-state index contributed by atoms with van der Waals surface area (Å²) in [5.74, 6) is -2.99. The predicted octanol–water partition coefficient (Wildman–Crippen LogP) is 5.17. The Morgan fingerprint density at radius 2 is 1.74 bits per heavy atom. The van der Waals surface area contributed by atoms with Crippen LogP contribution in [-0.2, 0) is 27.0 Å². The normalized spacial score (nSPS) is 25.5. The van der Waals surface area contributed by atoms with Crippen molar-refractivity contribution in [2.45, 2.75) is 24.4 Å². The molecule has 2 fully saturated rings. The van der Waals surface area contributed by atoms with Gasteiger partial charge in [-0.15, -0.1) is 0 Å². The number of fused-ring (bicyclic) bond motifs is 4. The van der Waals surface area contributed by atoms with Gasteiger partial charge in [-0.1, -0.05) is 46.4 Å². The van der Waals surface area contributed by atoms with Gasteiger partial charge in [-0.05, 0) is 49.7 Å². The molecule has 4 heterocycles. The maximum Gasteiger partial charge on any atom is 0.250 e. The summed E-state index contributed by atoms with van der Waals surface area (Å²) < 4.78 is 1.50. The Morgan fingerprint density at radius 1 is 1.03 bits per heavy atom. The van der Waals surface area contributed by atoms with Crippen molar-refractivity contribution in [1.82, 2.24) is 14.7 Å². The van der Waals surface area contributed by atoms with Gasteiger partial charge in [0.15, 0.2) is 0 Å². The van der Waals surface area contributed by atoms with Gasteiger partial charge in [-0.2, -0.15) is 5.10 Å². The number of halogens is 4. The van der Waals surface area contributed by atoms with Gasteiger partial charge in [0.25, 0.3) is 5.91 Å². The minimum Gasteiger partial charge on any atom is -0.326 e. The van der Waals surface area contributed by atoms with Crippen molar-refractivity contribution in [3.05, 3.63) is 68.2 Å². The lowest BCUT2D eigenvalue weighted by Crippen LogP contribution is -2.54. The summed E-state index contributed by atoms with van der Waals surface area (Å²) >= 11 is 25.3. The van der Waals surface area contributed by atoms with Gasteiger partial charge in [0.1, 0.15) is 11.4 Å². The fourth-order valence-electron chi connectivity index (χ4n) is 6.42. The number of carbonyl (C=O) groups is 3. The second-order valence-electron chi connectivity index (χ2n) is 9.91. The molecule has 3 aliphatic heterocycles. The second kappa shape index (κ2) is 9.67. The zero-order chi connectivity index (χ0) is 27.6. The monoisotopic (exact) mass is 606 g/mol. The molecule has 0 saturated carbocycles. The number of anilines is 3. The predicted molar refractivity (Wildman–Crippen MR) is 150 cm³/mol. The fraction of sp³-hybridized carbons (Fsp3) is 0.308. The first-order chi connectivity index (χ1) is 18.6. The van der Waals surface area contributed by atoms with Crippen molar-refractivity contribution in [1.29, 1.82) is 0 Å². The van der Waals surface area contributed by atoms with Crippen LogP contribution < -0.4 is 16.0 Å². The maximum absolute atomic E-state index is 14.2. The van der Waals surface area contributed by atoms with Gasteiger partial charge < -0.3 is 16.0 Å². The number of aryl methyl sites for hydroxylation is 1. The SMILES string of the molecule is Cn1nccc1NC(=O)[C@H]1[C@@H](C(=O)Nc2cc(Cl)cc(Cl)c2)[C@H]2CCCN2C12C(=O)Nc1c(Cl)cc(Cl)cc12. The van der Waals surface area contributed by atoms with Crippen molar-refractivity contribution in [2.24, 2.45) is 18.9 Å². The van der Waals surface area contributed by atoms with Crippen LogP contribution in [0.1, 0.15) is 18.4 Å². The largest absolute Gasteiger partial charge is 0.326 e. The van der Waals surface area contributed by atoms with Crippen LogP contribution >= 0.6 is 46.4 Å². The molecule has 2 saturated heterocycles. The van der Waals surface area contributed by atoms with Gasteiger partial charge in [-0.3, -0.25) is 24.0 Å². The Balaban J connectivity index is 1.51. The van der Waals surface area contributed by atoms with E-state index in [9.17, 15) is 14.4 Å². The van der Waals surface area contributed by atoms with Gasteiger partial charge in [-0.25, -0.2) is 0 Å². The number of benzene rings is 2. The molecule has 1 spiro atoms.